The van der Waals surface area contributed by atoms with Gasteiger partial charge in [-0.3, -0.25) is 9.59 Å². The maximum Gasteiger partial charge on any atom is 0.349 e. The van der Waals surface area contributed by atoms with E-state index in [1.165, 1.54) is 12.1 Å². The summed E-state index contributed by atoms with van der Waals surface area (Å²) in [5.41, 5.74) is -0.631. The predicted molar refractivity (Wildman–Crippen MR) is 126 cm³/mol. The number of carbonyl (C=O) groups excluding carboxylic acids is 2. The summed E-state index contributed by atoms with van der Waals surface area (Å²) in [6, 6.07) is 13.1. The lowest BCUT2D eigenvalue weighted by Gasteiger charge is -2.10. The van der Waals surface area contributed by atoms with Crippen molar-refractivity contribution < 1.29 is 28.2 Å². The minimum Gasteiger partial charge on any atom is -0.494 e. The maximum absolute atomic E-state index is 12.4. The van der Waals surface area contributed by atoms with Gasteiger partial charge in [0.25, 0.3) is 5.91 Å². The fourth-order valence-corrected chi connectivity index (χ4v) is 3.67. The lowest BCUT2D eigenvalue weighted by atomic mass is 10.1. The molecule has 1 amide bonds. The van der Waals surface area contributed by atoms with Crippen LogP contribution in [0.3, 0.4) is 0 Å². The van der Waals surface area contributed by atoms with E-state index in [-0.39, 0.29) is 29.4 Å². The monoisotopic (exact) mass is 485 g/mol. The molecular formula is C25H24ClNO7. The van der Waals surface area contributed by atoms with Gasteiger partial charge in [0.2, 0.25) is 0 Å². The predicted octanol–water partition coefficient (Wildman–Crippen LogP) is 4.12. The van der Waals surface area contributed by atoms with Crippen molar-refractivity contribution in [2.24, 2.45) is 0 Å². The molecule has 1 unspecified atom stereocenters. The molecule has 2 aromatic carbocycles. The molecule has 1 atom stereocenters. The van der Waals surface area contributed by atoms with Crippen LogP contribution in [0.25, 0.3) is 11.0 Å². The van der Waals surface area contributed by atoms with E-state index in [2.05, 4.69) is 5.32 Å². The van der Waals surface area contributed by atoms with Crippen molar-refractivity contribution in [3.8, 4) is 11.5 Å². The van der Waals surface area contributed by atoms with Crippen LogP contribution in [0.1, 0.15) is 36.0 Å². The second kappa shape index (κ2) is 11.2. The van der Waals surface area contributed by atoms with E-state index >= 15 is 0 Å². The zero-order valence-corrected chi connectivity index (χ0v) is 19.1. The zero-order valence-electron chi connectivity index (χ0n) is 18.4. The summed E-state index contributed by atoms with van der Waals surface area (Å²) >= 11 is 5.83. The first-order valence-electron chi connectivity index (χ1n) is 11.0. The molecule has 2 heterocycles. The van der Waals surface area contributed by atoms with Gasteiger partial charge < -0.3 is 23.9 Å². The minimum absolute atomic E-state index is 0.0299. The summed E-state index contributed by atoms with van der Waals surface area (Å²) in [7, 11) is 0. The lowest BCUT2D eigenvalue weighted by molar-refractivity contribution is -0.134. The molecule has 3 aromatic rings. The molecule has 0 radical (unpaired) electrons. The number of ether oxygens (including phenoxy) is 3. The van der Waals surface area contributed by atoms with E-state index in [1.807, 2.05) is 0 Å². The van der Waals surface area contributed by atoms with E-state index in [0.29, 0.717) is 42.3 Å². The molecule has 1 fully saturated rings. The molecule has 1 aliphatic rings. The minimum atomic E-state index is -0.764. The highest BCUT2D eigenvalue weighted by Gasteiger charge is 2.19. The van der Waals surface area contributed by atoms with Crippen LogP contribution < -0.4 is 20.4 Å². The molecule has 0 saturated carbocycles. The number of halogens is 1. The van der Waals surface area contributed by atoms with Gasteiger partial charge in [-0.1, -0.05) is 11.6 Å². The van der Waals surface area contributed by atoms with Gasteiger partial charge in [-0.05, 0) is 61.7 Å². The molecular weight excluding hydrogens is 462 g/mol. The van der Waals surface area contributed by atoms with Crippen LogP contribution in [-0.4, -0.2) is 37.7 Å². The Morgan fingerprint density at radius 3 is 2.65 bits per heavy atom. The Balaban J connectivity index is 1.30. The van der Waals surface area contributed by atoms with E-state index in [1.54, 1.807) is 36.4 Å². The third kappa shape index (κ3) is 6.36. The maximum atomic E-state index is 12.4. The molecule has 1 aliphatic heterocycles. The number of rotatable bonds is 9. The van der Waals surface area contributed by atoms with E-state index < -0.39 is 17.5 Å². The van der Waals surface area contributed by atoms with Crippen molar-refractivity contribution in [1.29, 1.82) is 0 Å². The molecule has 1 N–H and O–H groups in total. The van der Waals surface area contributed by atoms with E-state index in [0.717, 1.165) is 12.8 Å². The van der Waals surface area contributed by atoms with Crippen molar-refractivity contribution in [3.63, 3.8) is 0 Å². The topological polar surface area (TPSA) is 104 Å². The first-order valence-corrected chi connectivity index (χ1v) is 11.4. The fourth-order valence-electron chi connectivity index (χ4n) is 3.54. The second-order valence-corrected chi connectivity index (χ2v) is 8.31. The van der Waals surface area contributed by atoms with Crippen LogP contribution >= 0.6 is 11.6 Å². The van der Waals surface area contributed by atoms with Gasteiger partial charge in [0.15, 0.2) is 0 Å². The average molecular weight is 486 g/mol. The molecule has 34 heavy (non-hydrogen) atoms. The molecule has 0 aliphatic carbocycles. The van der Waals surface area contributed by atoms with Gasteiger partial charge in [0, 0.05) is 36.0 Å². The largest absolute Gasteiger partial charge is 0.494 e. The summed E-state index contributed by atoms with van der Waals surface area (Å²) in [6.45, 7) is 1.37. The number of amides is 1. The molecule has 0 spiro atoms. The van der Waals surface area contributed by atoms with E-state index in [4.69, 9.17) is 30.2 Å². The Kier molecular flexibility index (Phi) is 7.82. The summed E-state index contributed by atoms with van der Waals surface area (Å²) in [6.07, 6.45) is 2.43. The first kappa shape index (κ1) is 23.8. The second-order valence-electron chi connectivity index (χ2n) is 7.87. The van der Waals surface area contributed by atoms with Crippen molar-refractivity contribution in [2.75, 3.05) is 19.8 Å². The van der Waals surface area contributed by atoms with E-state index in [9.17, 15) is 14.4 Å². The van der Waals surface area contributed by atoms with Gasteiger partial charge in [0.1, 0.15) is 22.6 Å². The first-order chi connectivity index (χ1) is 16.5. The fraction of sp³-hybridized carbons (Fsp3) is 0.320. The van der Waals surface area contributed by atoms with Crippen molar-refractivity contribution in [1.82, 2.24) is 5.32 Å². The standard InChI is InChI=1S/C25H24ClNO7/c26-17-6-9-18(10-7-17)31-12-2-4-23(28)33-19-8-5-16-13-21(25(30)34-22(16)14-19)24(29)27-15-20-3-1-11-32-20/h5-10,13-14,20H,1-4,11-12,15H2,(H,27,29). The Morgan fingerprint density at radius 1 is 1.09 bits per heavy atom. The molecule has 0 bridgehead atoms. The SMILES string of the molecule is O=C(CCCOc1ccc(Cl)cc1)Oc1ccc2cc(C(=O)NCC3CCCO3)c(=O)oc2c1. The smallest absolute Gasteiger partial charge is 0.349 e. The quantitative estimate of drug-likeness (QED) is 0.210. The van der Waals surface area contributed by atoms with Crippen molar-refractivity contribution in [3.05, 3.63) is 69.5 Å². The van der Waals surface area contributed by atoms with Gasteiger partial charge >= 0.3 is 11.6 Å². The van der Waals surface area contributed by atoms with Crippen molar-refractivity contribution in [2.45, 2.75) is 31.8 Å². The normalized spacial score (nSPS) is 15.3. The van der Waals surface area contributed by atoms with Crippen molar-refractivity contribution >= 4 is 34.4 Å². The Bertz CT molecular complexity index is 1220. The Labute approximate surface area is 200 Å². The van der Waals surface area contributed by atoms with Crippen LogP contribution in [0.2, 0.25) is 5.02 Å². The third-order valence-corrected chi connectivity index (χ3v) is 5.56. The third-order valence-electron chi connectivity index (χ3n) is 5.31. The Hall–Kier alpha value is -3.36. The summed E-state index contributed by atoms with van der Waals surface area (Å²) in [5.74, 6) is -0.0360. The average Bonchev–Trinajstić information content (AvgIpc) is 3.35. The van der Waals surface area contributed by atoms with Gasteiger partial charge in [-0.25, -0.2) is 4.79 Å². The number of hydrogen-bond acceptors (Lipinski definition) is 7. The number of esters is 1. The number of hydrogen-bond donors (Lipinski definition) is 1. The highest BCUT2D eigenvalue weighted by molar-refractivity contribution is 6.30. The molecule has 1 saturated heterocycles. The van der Waals surface area contributed by atoms with Crippen LogP contribution in [0.15, 0.2) is 57.7 Å². The molecule has 178 valence electrons. The number of benzene rings is 2. The van der Waals surface area contributed by atoms with Gasteiger partial charge in [0.05, 0.1) is 12.7 Å². The zero-order chi connectivity index (χ0) is 23.9. The molecule has 9 heteroatoms. The molecule has 1 aromatic heterocycles. The van der Waals surface area contributed by atoms with Gasteiger partial charge in [-0.15, -0.1) is 0 Å². The summed E-state index contributed by atoms with van der Waals surface area (Å²) < 4.78 is 21.7. The summed E-state index contributed by atoms with van der Waals surface area (Å²) in [5, 5.41) is 3.87. The van der Waals surface area contributed by atoms with Crippen LogP contribution in [-0.2, 0) is 9.53 Å². The molecule has 4 rings (SSSR count). The lowest BCUT2D eigenvalue weighted by Crippen LogP contribution is -2.34. The van der Waals surface area contributed by atoms with Crippen LogP contribution in [0, 0.1) is 0 Å². The van der Waals surface area contributed by atoms with Crippen LogP contribution in [0.5, 0.6) is 11.5 Å². The van der Waals surface area contributed by atoms with Gasteiger partial charge in [-0.2, -0.15) is 0 Å². The number of fused-ring (bicyclic) bond motifs is 1. The molecule has 8 nitrogen and oxygen atoms in total. The Morgan fingerprint density at radius 2 is 1.88 bits per heavy atom. The number of nitrogens with one attached hydrogen (secondary N) is 1. The highest BCUT2D eigenvalue weighted by Crippen LogP contribution is 2.21. The highest BCUT2D eigenvalue weighted by atomic mass is 35.5. The van der Waals surface area contributed by atoms with Crippen LogP contribution in [0.4, 0.5) is 0 Å². The number of carbonyl (C=O) groups is 2. The summed E-state index contributed by atoms with van der Waals surface area (Å²) in [4.78, 5) is 36.9.